The third kappa shape index (κ3) is 9.99. The second kappa shape index (κ2) is 17.8. The van der Waals surface area contributed by atoms with Gasteiger partial charge < -0.3 is 10.6 Å². The van der Waals surface area contributed by atoms with Gasteiger partial charge in [-0.05, 0) is 62.3 Å². The third-order valence-electron chi connectivity index (χ3n) is 7.13. The van der Waals surface area contributed by atoms with Crippen molar-refractivity contribution in [2.75, 3.05) is 13.1 Å². The zero-order valence-electron chi connectivity index (χ0n) is 24.2. The number of aldehydes is 1. The number of hydrogen-bond donors (Lipinski definition) is 1. The number of thiazole rings is 1. The number of hydrogen-bond acceptors (Lipinski definition) is 5. The Morgan fingerprint density at radius 3 is 2.35 bits per heavy atom. The standard InChI is InChI=1S/C18H19ClN2O2S.C13H19N.C2H6/c19-15-4-1-13(2-5-15)3-6-17(23)21-9-7-14(8-10-21)18-20-16(11-22)12-24-18;1-4-11(13(14)5-2)12-9-7-6-8-10(12)3;1-2/h1-2,4-5,11-12,14H,3,6-10H2;4-5,8-9,11,13H,1-2,6-7,14H2,3H3;1-2H3. The highest BCUT2D eigenvalue weighted by molar-refractivity contribution is 7.09. The minimum Gasteiger partial charge on any atom is -0.343 e. The number of aryl methyl sites for hydroxylation is 1. The van der Waals surface area contributed by atoms with Gasteiger partial charge in [-0.3, -0.25) is 9.59 Å². The summed E-state index contributed by atoms with van der Waals surface area (Å²) in [6.07, 6.45) is 14.4. The largest absolute Gasteiger partial charge is 0.343 e. The molecule has 0 radical (unpaired) electrons. The Hall–Kier alpha value is -2.80. The van der Waals surface area contributed by atoms with Gasteiger partial charge in [-0.2, -0.15) is 0 Å². The molecule has 2 unspecified atom stereocenters. The predicted octanol–water partition coefficient (Wildman–Crippen LogP) is 7.94. The van der Waals surface area contributed by atoms with E-state index in [1.54, 1.807) is 22.8 Å². The van der Waals surface area contributed by atoms with Crippen molar-refractivity contribution in [2.45, 2.75) is 71.3 Å². The summed E-state index contributed by atoms with van der Waals surface area (Å²) in [6, 6.07) is 7.62. The fraction of sp³-hybridized carbons (Fsp3) is 0.424. The van der Waals surface area contributed by atoms with E-state index in [0.29, 0.717) is 23.1 Å². The first-order chi connectivity index (χ1) is 19.4. The first-order valence-corrected chi connectivity index (χ1v) is 15.4. The highest BCUT2D eigenvalue weighted by Gasteiger charge is 2.25. The fourth-order valence-corrected chi connectivity index (χ4v) is 5.90. The molecule has 0 spiro atoms. The molecule has 1 aromatic heterocycles. The molecular weight excluding hydrogens is 538 g/mol. The molecule has 1 fully saturated rings. The monoisotopic (exact) mass is 581 g/mol. The van der Waals surface area contributed by atoms with Gasteiger partial charge in [0.1, 0.15) is 5.69 Å². The van der Waals surface area contributed by atoms with E-state index < -0.39 is 0 Å². The molecule has 40 heavy (non-hydrogen) atoms. The number of allylic oxidation sites excluding steroid dienone is 3. The van der Waals surface area contributed by atoms with E-state index in [2.05, 4.69) is 37.2 Å². The Kier molecular flexibility index (Phi) is 14.9. The van der Waals surface area contributed by atoms with E-state index in [0.717, 1.165) is 62.1 Å². The van der Waals surface area contributed by atoms with Crippen LogP contribution < -0.4 is 5.73 Å². The highest BCUT2D eigenvalue weighted by Crippen LogP contribution is 2.30. The van der Waals surface area contributed by atoms with Crippen molar-refractivity contribution in [1.29, 1.82) is 0 Å². The molecule has 2 atom stereocenters. The van der Waals surface area contributed by atoms with Crippen LogP contribution in [-0.4, -0.2) is 41.2 Å². The molecule has 2 heterocycles. The number of nitrogens with zero attached hydrogens (tertiary/aromatic N) is 2. The minimum absolute atomic E-state index is 0.0276. The Bertz CT molecular complexity index is 1160. The van der Waals surface area contributed by atoms with Crippen LogP contribution in [-0.2, 0) is 11.2 Å². The van der Waals surface area contributed by atoms with E-state index in [1.165, 1.54) is 11.1 Å². The Morgan fingerprint density at radius 1 is 1.15 bits per heavy atom. The molecule has 216 valence electrons. The quantitative estimate of drug-likeness (QED) is 0.241. The Labute approximate surface area is 249 Å². The number of carbonyl (C=O) groups is 2. The van der Waals surface area contributed by atoms with Gasteiger partial charge in [0, 0.05) is 47.8 Å². The minimum atomic E-state index is -0.0276. The predicted molar refractivity (Wildman–Crippen MR) is 170 cm³/mol. The average molecular weight is 582 g/mol. The molecular formula is C33H44ClN3O2S. The summed E-state index contributed by atoms with van der Waals surface area (Å²) in [5, 5.41) is 3.53. The lowest BCUT2D eigenvalue weighted by Crippen LogP contribution is -2.38. The van der Waals surface area contributed by atoms with Crippen molar-refractivity contribution >= 4 is 35.1 Å². The number of rotatable bonds is 9. The van der Waals surface area contributed by atoms with Gasteiger partial charge in [-0.1, -0.05) is 67.5 Å². The Morgan fingerprint density at radius 2 is 1.80 bits per heavy atom. The van der Waals surface area contributed by atoms with Crippen LogP contribution in [0.2, 0.25) is 5.02 Å². The van der Waals surface area contributed by atoms with Crippen LogP contribution in [0.1, 0.15) is 79.9 Å². The first kappa shape index (κ1) is 33.4. The van der Waals surface area contributed by atoms with Gasteiger partial charge in [0.05, 0.1) is 5.01 Å². The number of carbonyl (C=O) groups excluding carboxylic acids is 2. The van der Waals surface area contributed by atoms with Gasteiger partial charge in [0.15, 0.2) is 6.29 Å². The number of likely N-dealkylation sites (tertiary alicyclic amines) is 1. The maximum absolute atomic E-state index is 12.4. The van der Waals surface area contributed by atoms with E-state index in [-0.39, 0.29) is 17.9 Å². The van der Waals surface area contributed by atoms with Gasteiger partial charge in [0.25, 0.3) is 0 Å². The molecule has 0 bridgehead atoms. The molecule has 0 saturated carbocycles. The van der Waals surface area contributed by atoms with Crippen molar-refractivity contribution in [3.8, 4) is 0 Å². The maximum atomic E-state index is 12.4. The smallest absolute Gasteiger partial charge is 0.222 e. The van der Waals surface area contributed by atoms with E-state index >= 15 is 0 Å². The van der Waals surface area contributed by atoms with Crippen LogP contribution in [0.5, 0.6) is 0 Å². The lowest BCUT2D eigenvalue weighted by atomic mass is 9.84. The summed E-state index contributed by atoms with van der Waals surface area (Å²) in [5.74, 6) is 0.782. The van der Waals surface area contributed by atoms with E-state index in [4.69, 9.17) is 17.3 Å². The number of halogens is 1. The topological polar surface area (TPSA) is 76.3 Å². The van der Waals surface area contributed by atoms with Gasteiger partial charge >= 0.3 is 0 Å². The maximum Gasteiger partial charge on any atom is 0.222 e. The summed E-state index contributed by atoms with van der Waals surface area (Å²) in [4.78, 5) is 29.4. The summed E-state index contributed by atoms with van der Waals surface area (Å²) in [7, 11) is 0. The molecule has 2 aliphatic rings. The first-order valence-electron chi connectivity index (χ1n) is 14.2. The van der Waals surface area contributed by atoms with Crippen LogP contribution >= 0.6 is 22.9 Å². The van der Waals surface area contributed by atoms with Crippen LogP contribution in [0.4, 0.5) is 0 Å². The summed E-state index contributed by atoms with van der Waals surface area (Å²) < 4.78 is 0. The summed E-state index contributed by atoms with van der Waals surface area (Å²) in [5.41, 5.74) is 10.3. The van der Waals surface area contributed by atoms with Crippen LogP contribution in [0.15, 0.2) is 78.3 Å². The van der Waals surface area contributed by atoms with E-state index in [9.17, 15) is 9.59 Å². The summed E-state index contributed by atoms with van der Waals surface area (Å²) >= 11 is 7.41. The molecule has 1 aromatic carbocycles. The molecule has 7 heteroatoms. The average Bonchev–Trinajstić information content (AvgIpc) is 3.49. The van der Waals surface area contributed by atoms with Crippen LogP contribution in [0.3, 0.4) is 0 Å². The normalized spacial score (nSPS) is 16.6. The van der Waals surface area contributed by atoms with Gasteiger partial charge in [-0.25, -0.2) is 4.98 Å². The van der Waals surface area contributed by atoms with Gasteiger partial charge in [-0.15, -0.1) is 24.5 Å². The zero-order valence-corrected chi connectivity index (χ0v) is 25.7. The molecule has 1 aliphatic heterocycles. The van der Waals surface area contributed by atoms with Crippen molar-refractivity contribution in [2.24, 2.45) is 11.7 Å². The van der Waals surface area contributed by atoms with Crippen molar-refractivity contribution in [1.82, 2.24) is 9.88 Å². The Balaban J connectivity index is 0.000000299. The third-order valence-corrected chi connectivity index (χ3v) is 8.41. The van der Waals surface area contributed by atoms with Crippen molar-refractivity contribution in [3.05, 3.63) is 99.5 Å². The molecule has 1 saturated heterocycles. The second-order valence-electron chi connectivity index (χ2n) is 9.71. The molecule has 2 aromatic rings. The summed E-state index contributed by atoms with van der Waals surface area (Å²) in [6.45, 7) is 15.2. The number of nitrogens with two attached hydrogens (primary N) is 1. The lowest BCUT2D eigenvalue weighted by molar-refractivity contribution is -0.132. The zero-order chi connectivity index (χ0) is 29.5. The lowest BCUT2D eigenvalue weighted by Gasteiger charge is -2.31. The number of piperidine rings is 1. The second-order valence-corrected chi connectivity index (χ2v) is 11.0. The van der Waals surface area contributed by atoms with Crippen molar-refractivity contribution < 1.29 is 9.59 Å². The molecule has 1 amide bonds. The molecule has 5 nitrogen and oxygen atoms in total. The highest BCUT2D eigenvalue weighted by atomic mass is 35.5. The van der Waals surface area contributed by atoms with Gasteiger partial charge in [0.2, 0.25) is 5.91 Å². The molecule has 1 aliphatic carbocycles. The molecule has 2 N–H and O–H groups in total. The van der Waals surface area contributed by atoms with Crippen molar-refractivity contribution in [3.63, 3.8) is 0 Å². The number of amides is 1. The van der Waals surface area contributed by atoms with E-state index in [1.807, 2.05) is 49.1 Å². The SMILES string of the molecule is C=CC(N)C(C=C)C1=CCCC=C1C.CC.O=Cc1csc(C2CCN(C(=O)CCc3ccc(Cl)cc3)CC2)n1. The fourth-order valence-electron chi connectivity index (χ4n) is 4.83. The molecule has 4 rings (SSSR count). The number of benzene rings is 1. The van der Waals surface area contributed by atoms with Crippen LogP contribution in [0.25, 0.3) is 0 Å². The van der Waals surface area contributed by atoms with Crippen LogP contribution in [0, 0.1) is 5.92 Å². The number of aromatic nitrogens is 1.